The van der Waals surface area contributed by atoms with Crippen LogP contribution in [0, 0.1) is 0 Å². The maximum absolute atomic E-state index is 12.6. The smallest absolute Gasteiger partial charge is 0.434 e. The van der Waals surface area contributed by atoms with Crippen LogP contribution in [0.25, 0.3) is 0 Å². The Hall–Kier alpha value is -2.29. The standard InChI is InChI=1S/C17H21F3N4OS/c1-3-21-16(22-9-12-7-5-6-8-13(12)25-4-2)23-10-15-24-14(11-26-15)17(18,19)20/h5-8,11H,3-4,9-10H2,1-2H3,(H2,21,22,23). The van der Waals surface area contributed by atoms with E-state index in [-0.39, 0.29) is 6.54 Å². The number of alkyl halides is 3. The fourth-order valence-electron chi connectivity index (χ4n) is 2.12. The maximum atomic E-state index is 12.6. The summed E-state index contributed by atoms with van der Waals surface area (Å²) in [4.78, 5) is 8.06. The van der Waals surface area contributed by atoms with E-state index < -0.39 is 11.9 Å². The van der Waals surface area contributed by atoms with Crippen LogP contribution in [-0.2, 0) is 19.3 Å². The summed E-state index contributed by atoms with van der Waals surface area (Å²) in [5.41, 5.74) is 0.0621. The summed E-state index contributed by atoms with van der Waals surface area (Å²) >= 11 is 0.964. The lowest BCUT2D eigenvalue weighted by molar-refractivity contribution is -0.140. The van der Waals surface area contributed by atoms with E-state index in [4.69, 9.17) is 4.74 Å². The number of hydrogen-bond donors (Lipinski definition) is 2. The lowest BCUT2D eigenvalue weighted by atomic mass is 10.2. The van der Waals surface area contributed by atoms with Crippen LogP contribution in [0.3, 0.4) is 0 Å². The topological polar surface area (TPSA) is 58.5 Å². The minimum absolute atomic E-state index is 0.166. The lowest BCUT2D eigenvalue weighted by Crippen LogP contribution is -2.36. The molecule has 0 fully saturated rings. The van der Waals surface area contributed by atoms with Gasteiger partial charge in [0.05, 0.1) is 19.7 Å². The average Bonchev–Trinajstić information content (AvgIpc) is 3.08. The zero-order valence-corrected chi connectivity index (χ0v) is 15.4. The van der Waals surface area contributed by atoms with Crippen molar-refractivity contribution in [1.29, 1.82) is 0 Å². The van der Waals surface area contributed by atoms with Crippen molar-refractivity contribution in [1.82, 2.24) is 15.6 Å². The number of halogens is 3. The molecule has 2 N–H and O–H groups in total. The second kappa shape index (κ2) is 9.42. The quantitative estimate of drug-likeness (QED) is 0.561. The Bertz CT molecular complexity index is 731. The number of rotatable bonds is 7. The number of para-hydroxylation sites is 1. The maximum Gasteiger partial charge on any atom is 0.434 e. The largest absolute Gasteiger partial charge is 0.494 e. The first-order valence-electron chi connectivity index (χ1n) is 8.18. The SMILES string of the molecule is CCNC(=NCc1ccccc1OCC)NCc1nc(C(F)(F)F)cs1. The Kier molecular flexibility index (Phi) is 7.26. The normalized spacial score (nSPS) is 12.1. The molecule has 0 aliphatic rings. The fourth-order valence-corrected chi connectivity index (χ4v) is 2.86. The molecule has 0 atom stereocenters. The third-order valence-electron chi connectivity index (χ3n) is 3.27. The molecule has 1 aromatic heterocycles. The molecule has 0 amide bonds. The fraction of sp³-hybridized carbons (Fsp3) is 0.412. The van der Waals surface area contributed by atoms with E-state index in [0.29, 0.717) is 30.7 Å². The number of guanidine groups is 1. The molecule has 0 aliphatic carbocycles. The predicted molar refractivity (Wildman–Crippen MR) is 96.4 cm³/mol. The highest BCUT2D eigenvalue weighted by molar-refractivity contribution is 7.09. The van der Waals surface area contributed by atoms with Gasteiger partial charge in [-0.3, -0.25) is 0 Å². The second-order valence-electron chi connectivity index (χ2n) is 5.21. The molecule has 5 nitrogen and oxygen atoms in total. The van der Waals surface area contributed by atoms with Crippen molar-refractivity contribution in [2.45, 2.75) is 33.1 Å². The van der Waals surface area contributed by atoms with Crippen LogP contribution in [0.2, 0.25) is 0 Å². The highest BCUT2D eigenvalue weighted by atomic mass is 32.1. The van der Waals surface area contributed by atoms with Crippen molar-refractivity contribution >= 4 is 17.3 Å². The van der Waals surface area contributed by atoms with E-state index in [1.54, 1.807) is 0 Å². The number of nitrogens with one attached hydrogen (secondary N) is 2. The Balaban J connectivity index is 2.02. The van der Waals surface area contributed by atoms with Crippen LogP contribution in [0.4, 0.5) is 13.2 Å². The first kappa shape index (κ1) is 20.0. The lowest BCUT2D eigenvalue weighted by Gasteiger charge is -2.12. The number of hydrogen-bond acceptors (Lipinski definition) is 4. The predicted octanol–water partition coefficient (Wildman–Crippen LogP) is 3.82. The van der Waals surface area contributed by atoms with Crippen LogP contribution in [0.5, 0.6) is 5.75 Å². The summed E-state index contributed by atoms with van der Waals surface area (Å²) in [5.74, 6) is 1.27. The molecular formula is C17H21F3N4OS. The third-order valence-corrected chi connectivity index (χ3v) is 4.12. The van der Waals surface area contributed by atoms with Crippen molar-refractivity contribution in [3.05, 3.63) is 45.9 Å². The van der Waals surface area contributed by atoms with E-state index in [9.17, 15) is 13.2 Å². The molecule has 1 aromatic carbocycles. The van der Waals surface area contributed by atoms with Crippen molar-refractivity contribution in [3.8, 4) is 5.75 Å². The van der Waals surface area contributed by atoms with Crippen molar-refractivity contribution in [2.24, 2.45) is 4.99 Å². The summed E-state index contributed by atoms with van der Waals surface area (Å²) in [5, 5.41) is 7.42. The minimum atomic E-state index is -4.42. The molecule has 1 heterocycles. The minimum Gasteiger partial charge on any atom is -0.494 e. The number of benzene rings is 1. The molecule has 0 bridgehead atoms. The van der Waals surface area contributed by atoms with Crippen LogP contribution < -0.4 is 15.4 Å². The zero-order chi connectivity index (χ0) is 19.0. The Morgan fingerprint density at radius 1 is 1.23 bits per heavy atom. The Morgan fingerprint density at radius 3 is 2.65 bits per heavy atom. The van der Waals surface area contributed by atoms with E-state index in [0.717, 1.165) is 28.0 Å². The van der Waals surface area contributed by atoms with Crippen LogP contribution in [-0.4, -0.2) is 24.1 Å². The number of aliphatic imine (C=N–C) groups is 1. The number of aromatic nitrogens is 1. The van der Waals surface area contributed by atoms with Gasteiger partial charge < -0.3 is 15.4 Å². The van der Waals surface area contributed by atoms with Gasteiger partial charge in [-0.1, -0.05) is 18.2 Å². The Labute approximate surface area is 154 Å². The summed E-state index contributed by atoms with van der Waals surface area (Å²) in [6.07, 6.45) is -4.42. The molecule has 0 spiro atoms. The van der Waals surface area contributed by atoms with Gasteiger partial charge in [0.25, 0.3) is 0 Å². The van der Waals surface area contributed by atoms with Gasteiger partial charge in [0.1, 0.15) is 10.8 Å². The summed E-state index contributed by atoms with van der Waals surface area (Å²) in [6.45, 7) is 5.57. The van der Waals surface area contributed by atoms with E-state index in [1.807, 2.05) is 38.1 Å². The van der Waals surface area contributed by atoms with E-state index in [2.05, 4.69) is 20.6 Å². The molecule has 142 valence electrons. The molecule has 2 aromatic rings. The van der Waals surface area contributed by atoms with E-state index >= 15 is 0 Å². The van der Waals surface area contributed by atoms with Crippen molar-refractivity contribution in [2.75, 3.05) is 13.2 Å². The highest BCUT2D eigenvalue weighted by Crippen LogP contribution is 2.29. The molecule has 2 rings (SSSR count). The third kappa shape index (κ3) is 5.91. The molecule has 0 saturated carbocycles. The highest BCUT2D eigenvalue weighted by Gasteiger charge is 2.33. The van der Waals surface area contributed by atoms with Crippen molar-refractivity contribution < 1.29 is 17.9 Å². The van der Waals surface area contributed by atoms with Crippen molar-refractivity contribution in [3.63, 3.8) is 0 Å². The molecular weight excluding hydrogens is 365 g/mol. The van der Waals surface area contributed by atoms with Gasteiger partial charge in [-0.25, -0.2) is 9.98 Å². The van der Waals surface area contributed by atoms with Gasteiger partial charge in [0, 0.05) is 17.5 Å². The number of ether oxygens (including phenoxy) is 1. The summed E-state index contributed by atoms with van der Waals surface area (Å²) in [6, 6.07) is 7.60. The van der Waals surface area contributed by atoms with Gasteiger partial charge in [0.15, 0.2) is 11.7 Å². The molecule has 0 aliphatic heterocycles. The van der Waals surface area contributed by atoms with Gasteiger partial charge in [-0.15, -0.1) is 11.3 Å². The molecule has 26 heavy (non-hydrogen) atoms. The first-order chi connectivity index (χ1) is 12.4. The summed E-state index contributed by atoms with van der Waals surface area (Å²) in [7, 11) is 0. The molecule has 0 unspecified atom stereocenters. The summed E-state index contributed by atoms with van der Waals surface area (Å²) < 4.78 is 43.4. The first-order valence-corrected chi connectivity index (χ1v) is 9.06. The molecule has 0 saturated heterocycles. The Morgan fingerprint density at radius 2 is 2.00 bits per heavy atom. The molecule has 0 radical (unpaired) electrons. The van der Waals surface area contributed by atoms with Crippen LogP contribution >= 0.6 is 11.3 Å². The van der Waals surface area contributed by atoms with E-state index in [1.165, 1.54) is 0 Å². The van der Waals surface area contributed by atoms with Gasteiger partial charge >= 0.3 is 6.18 Å². The number of thiazole rings is 1. The van der Waals surface area contributed by atoms with Gasteiger partial charge in [-0.2, -0.15) is 13.2 Å². The van der Waals surface area contributed by atoms with Gasteiger partial charge in [-0.05, 0) is 19.9 Å². The second-order valence-corrected chi connectivity index (χ2v) is 6.16. The monoisotopic (exact) mass is 386 g/mol. The van der Waals surface area contributed by atoms with Gasteiger partial charge in [0.2, 0.25) is 0 Å². The van der Waals surface area contributed by atoms with Crippen LogP contribution in [0.15, 0.2) is 34.6 Å². The zero-order valence-electron chi connectivity index (χ0n) is 14.6. The number of nitrogens with zero attached hydrogens (tertiary/aromatic N) is 2. The van der Waals surface area contributed by atoms with Crippen LogP contribution in [0.1, 0.15) is 30.1 Å². The molecule has 9 heteroatoms. The average molecular weight is 386 g/mol.